The molecule has 0 bridgehead atoms. The highest BCUT2D eigenvalue weighted by Crippen LogP contribution is 2.59. The van der Waals surface area contributed by atoms with Crippen LogP contribution in [0.2, 0.25) is 0 Å². The van der Waals surface area contributed by atoms with Crippen LogP contribution in [0.1, 0.15) is 22.3 Å². The van der Waals surface area contributed by atoms with Crippen molar-refractivity contribution in [1.29, 1.82) is 0 Å². The summed E-state index contributed by atoms with van der Waals surface area (Å²) >= 11 is 0. The fourth-order valence-electron chi connectivity index (χ4n) is 8.98. The van der Waals surface area contributed by atoms with Crippen LogP contribution >= 0.6 is 0 Å². The first-order valence-electron chi connectivity index (χ1n) is 16.0. The van der Waals surface area contributed by atoms with Gasteiger partial charge >= 0.3 is 0 Å². The third kappa shape index (κ3) is 2.83. The molecule has 0 saturated carbocycles. The standard InChI is InChI=1S/C45H26O/c1-3-13-27(14-4-1)45(28-15-5-2-6-16-28)37-23-9-7-17-31(37)43-33-21-11-19-29-30-20-12-22-34-42(30)36(35(41(29)33)25-38(43)45)26-40-44(34)32-18-8-10-24-39(32)46-40/h1-26H. The van der Waals surface area contributed by atoms with Gasteiger partial charge in [0.15, 0.2) is 0 Å². The number of rotatable bonds is 2. The Morgan fingerprint density at radius 2 is 0.913 bits per heavy atom. The summed E-state index contributed by atoms with van der Waals surface area (Å²) in [4.78, 5) is 0. The van der Waals surface area contributed by atoms with Crippen LogP contribution in [0.5, 0.6) is 0 Å². The van der Waals surface area contributed by atoms with E-state index in [1.165, 1.54) is 87.2 Å². The van der Waals surface area contributed by atoms with Gasteiger partial charge < -0.3 is 4.42 Å². The molecule has 10 aromatic rings. The van der Waals surface area contributed by atoms with Crippen LogP contribution in [0.25, 0.3) is 76.2 Å². The SMILES string of the molecule is c1ccc(C2(c3ccccc3)c3ccccc3-c3c2cc2c4cc5oc6ccccc6c5c5cccc(c6cccc3c62)c45)cc1. The molecule has 212 valence electrons. The molecule has 1 heterocycles. The molecular formula is C45H26O. The van der Waals surface area contributed by atoms with E-state index in [4.69, 9.17) is 4.42 Å². The van der Waals surface area contributed by atoms with Gasteiger partial charge in [-0.25, -0.2) is 0 Å². The summed E-state index contributed by atoms with van der Waals surface area (Å²) in [5.74, 6) is 0. The van der Waals surface area contributed by atoms with Gasteiger partial charge in [-0.15, -0.1) is 0 Å². The molecule has 0 saturated heterocycles. The second kappa shape index (κ2) is 8.62. The highest BCUT2D eigenvalue weighted by molar-refractivity contribution is 6.39. The first-order chi connectivity index (χ1) is 22.8. The quantitative estimate of drug-likeness (QED) is 0.146. The molecule has 11 rings (SSSR count). The van der Waals surface area contributed by atoms with Crippen molar-refractivity contribution in [3.05, 3.63) is 180 Å². The summed E-state index contributed by atoms with van der Waals surface area (Å²) < 4.78 is 6.57. The molecule has 9 aromatic carbocycles. The molecule has 1 aromatic heterocycles. The van der Waals surface area contributed by atoms with E-state index in [0.717, 1.165) is 11.2 Å². The van der Waals surface area contributed by atoms with Crippen molar-refractivity contribution in [3.8, 4) is 11.1 Å². The average Bonchev–Trinajstić information content (AvgIpc) is 3.65. The topological polar surface area (TPSA) is 13.1 Å². The summed E-state index contributed by atoms with van der Waals surface area (Å²) in [6.45, 7) is 0. The molecular weight excluding hydrogens is 556 g/mol. The minimum absolute atomic E-state index is 0.464. The van der Waals surface area contributed by atoms with E-state index in [-0.39, 0.29) is 0 Å². The fourth-order valence-corrected chi connectivity index (χ4v) is 8.98. The summed E-state index contributed by atoms with van der Waals surface area (Å²) in [5.41, 5.74) is 9.29. The number of benzene rings is 9. The monoisotopic (exact) mass is 582 g/mol. The van der Waals surface area contributed by atoms with Gasteiger partial charge in [-0.2, -0.15) is 0 Å². The van der Waals surface area contributed by atoms with Gasteiger partial charge in [-0.05, 0) is 94.7 Å². The maximum atomic E-state index is 6.57. The van der Waals surface area contributed by atoms with Crippen LogP contribution in [0.4, 0.5) is 0 Å². The maximum Gasteiger partial charge on any atom is 0.136 e. The number of fused-ring (bicyclic) bond motifs is 10. The van der Waals surface area contributed by atoms with Crippen LogP contribution in [-0.2, 0) is 5.41 Å². The van der Waals surface area contributed by atoms with Crippen molar-refractivity contribution in [1.82, 2.24) is 0 Å². The second-order valence-electron chi connectivity index (χ2n) is 12.7. The Kier molecular flexibility index (Phi) is 4.57. The maximum absolute atomic E-state index is 6.57. The highest BCUT2D eigenvalue weighted by Gasteiger charge is 2.47. The van der Waals surface area contributed by atoms with Crippen molar-refractivity contribution < 1.29 is 4.42 Å². The van der Waals surface area contributed by atoms with Gasteiger partial charge in [0.25, 0.3) is 0 Å². The van der Waals surface area contributed by atoms with E-state index in [1.54, 1.807) is 0 Å². The Labute approximate surface area is 265 Å². The predicted octanol–water partition coefficient (Wildman–Crippen LogP) is 12.0. The minimum Gasteiger partial charge on any atom is -0.456 e. The van der Waals surface area contributed by atoms with Crippen molar-refractivity contribution in [2.75, 3.05) is 0 Å². The van der Waals surface area contributed by atoms with Crippen LogP contribution in [-0.4, -0.2) is 0 Å². The summed E-state index contributed by atoms with van der Waals surface area (Å²) in [6, 6.07) is 58.2. The third-order valence-corrected chi connectivity index (χ3v) is 10.7. The molecule has 0 radical (unpaired) electrons. The Morgan fingerprint density at radius 1 is 0.348 bits per heavy atom. The third-order valence-electron chi connectivity index (χ3n) is 10.7. The van der Waals surface area contributed by atoms with E-state index in [2.05, 4.69) is 158 Å². The minimum atomic E-state index is -0.464. The lowest BCUT2D eigenvalue weighted by atomic mass is 9.67. The lowest BCUT2D eigenvalue weighted by Crippen LogP contribution is -2.28. The molecule has 1 aliphatic rings. The Balaban J connectivity index is 1.42. The van der Waals surface area contributed by atoms with E-state index in [0.29, 0.717) is 0 Å². The van der Waals surface area contributed by atoms with Gasteiger partial charge in [-0.3, -0.25) is 0 Å². The van der Waals surface area contributed by atoms with Gasteiger partial charge in [0.1, 0.15) is 11.2 Å². The molecule has 0 atom stereocenters. The van der Waals surface area contributed by atoms with Crippen molar-refractivity contribution in [3.63, 3.8) is 0 Å². The molecule has 0 aliphatic heterocycles. The molecule has 0 spiro atoms. The molecule has 0 amide bonds. The van der Waals surface area contributed by atoms with Gasteiger partial charge in [0, 0.05) is 10.8 Å². The van der Waals surface area contributed by atoms with Gasteiger partial charge in [0.2, 0.25) is 0 Å². The molecule has 0 fully saturated rings. The Hall–Kier alpha value is -5.92. The van der Waals surface area contributed by atoms with E-state index >= 15 is 0 Å². The van der Waals surface area contributed by atoms with Crippen LogP contribution < -0.4 is 0 Å². The van der Waals surface area contributed by atoms with Crippen molar-refractivity contribution in [2.45, 2.75) is 5.41 Å². The predicted molar refractivity (Wildman–Crippen MR) is 192 cm³/mol. The Bertz CT molecular complexity index is 2800. The van der Waals surface area contributed by atoms with Crippen molar-refractivity contribution in [2.24, 2.45) is 0 Å². The summed E-state index contributed by atoms with van der Waals surface area (Å²) in [5, 5.41) is 12.7. The zero-order valence-corrected chi connectivity index (χ0v) is 24.9. The highest BCUT2D eigenvalue weighted by atomic mass is 16.3. The first kappa shape index (κ1) is 24.4. The second-order valence-corrected chi connectivity index (χ2v) is 12.7. The molecule has 1 aliphatic carbocycles. The first-order valence-corrected chi connectivity index (χ1v) is 16.0. The van der Waals surface area contributed by atoms with E-state index < -0.39 is 5.41 Å². The number of furan rings is 1. The molecule has 46 heavy (non-hydrogen) atoms. The lowest BCUT2D eigenvalue weighted by molar-refractivity contribution is 0.669. The summed E-state index contributed by atoms with van der Waals surface area (Å²) in [7, 11) is 0. The van der Waals surface area contributed by atoms with E-state index in [9.17, 15) is 0 Å². The van der Waals surface area contributed by atoms with Crippen molar-refractivity contribution >= 4 is 65.0 Å². The van der Waals surface area contributed by atoms with Crippen LogP contribution in [0.3, 0.4) is 0 Å². The molecule has 0 unspecified atom stereocenters. The zero-order valence-electron chi connectivity index (χ0n) is 24.9. The number of para-hydroxylation sites is 1. The summed E-state index contributed by atoms with van der Waals surface area (Å²) in [6.07, 6.45) is 0. The molecule has 1 heteroatoms. The largest absolute Gasteiger partial charge is 0.456 e. The zero-order chi connectivity index (χ0) is 30.0. The van der Waals surface area contributed by atoms with Crippen LogP contribution in [0.15, 0.2) is 162 Å². The van der Waals surface area contributed by atoms with Gasteiger partial charge in [0.05, 0.1) is 5.41 Å². The smallest absolute Gasteiger partial charge is 0.136 e. The van der Waals surface area contributed by atoms with Gasteiger partial charge in [-0.1, -0.05) is 140 Å². The van der Waals surface area contributed by atoms with E-state index in [1.807, 2.05) is 0 Å². The van der Waals surface area contributed by atoms with Crippen LogP contribution in [0, 0.1) is 0 Å². The number of hydrogen-bond acceptors (Lipinski definition) is 1. The normalized spacial score (nSPS) is 13.8. The lowest BCUT2D eigenvalue weighted by Gasteiger charge is -2.34. The Morgan fingerprint density at radius 3 is 1.67 bits per heavy atom. The molecule has 1 nitrogen and oxygen atoms in total. The fraction of sp³-hybridized carbons (Fsp3) is 0.0222. The molecule has 0 N–H and O–H groups in total. The average molecular weight is 583 g/mol. The number of hydrogen-bond donors (Lipinski definition) is 0.